The van der Waals surface area contributed by atoms with Crippen molar-refractivity contribution in [1.82, 2.24) is 30.2 Å². The van der Waals surface area contributed by atoms with Crippen molar-refractivity contribution in [2.75, 3.05) is 73.9 Å². The van der Waals surface area contributed by atoms with Crippen LogP contribution in [-0.2, 0) is 36.9 Å². The highest BCUT2D eigenvalue weighted by Crippen LogP contribution is 2.32. The molecule has 0 saturated carbocycles. The Morgan fingerprint density at radius 2 is 1.22 bits per heavy atom. The molecule has 2 fully saturated rings. The number of anilines is 4. The second-order valence-electron chi connectivity index (χ2n) is 15.8. The third kappa shape index (κ3) is 13.5. The van der Waals surface area contributed by atoms with E-state index in [1.165, 1.54) is 30.5 Å². The maximum absolute atomic E-state index is 12.8. The maximum Gasteiger partial charge on any atom is 0.411 e. The van der Waals surface area contributed by atoms with Crippen molar-refractivity contribution in [3.63, 3.8) is 0 Å². The lowest BCUT2D eigenvalue weighted by Gasteiger charge is -2.40. The average Bonchev–Trinajstić information content (AvgIpc) is 3.98. The summed E-state index contributed by atoms with van der Waals surface area (Å²) in [6.07, 6.45) is -0.561. The Balaban J connectivity index is 0.000000249. The summed E-state index contributed by atoms with van der Waals surface area (Å²) in [7, 11) is 2.69. The van der Waals surface area contributed by atoms with Crippen LogP contribution in [0.25, 0.3) is 20.4 Å². The Kier molecular flexibility index (Phi) is 19.0. The summed E-state index contributed by atoms with van der Waals surface area (Å²) in [5.74, 6) is 1.60. The fourth-order valence-electron chi connectivity index (χ4n) is 6.99. The molecule has 0 aliphatic carbocycles. The highest BCUT2D eigenvalue weighted by molar-refractivity contribution is 7.18. The Bertz CT molecular complexity index is 2690. The molecule has 8 rings (SSSR count). The average molecular weight is 1080 g/mol. The number of benzene rings is 2. The summed E-state index contributed by atoms with van der Waals surface area (Å²) in [6.45, 7) is 8.93. The molecule has 6 aromatic rings. The minimum atomic E-state index is -0.857. The SMILES string of the molecule is COC(=O)[C@H]1CN(c2nc(NCc3ccc(Cl)cc3Cl)c3sccc3n2)CCN1.COC(=O)[C@H]1CN(c2nc(NCc3ccc(Cl)cc3Cl)c3sccc3n2)CCN1C(=O)OC(C)(C)C.Cl.Cl. The number of piperazine rings is 2. The number of fused-ring (bicyclic) bond motifs is 2. The number of carbonyl (C=O) groups is 3. The van der Waals surface area contributed by atoms with E-state index in [0.29, 0.717) is 77.1 Å². The number of methoxy groups -OCH3 is 2. The van der Waals surface area contributed by atoms with Gasteiger partial charge in [0.05, 0.1) is 41.2 Å². The van der Waals surface area contributed by atoms with Gasteiger partial charge in [-0.1, -0.05) is 58.5 Å². The van der Waals surface area contributed by atoms with Crippen LogP contribution < -0.4 is 25.8 Å². The smallest absolute Gasteiger partial charge is 0.411 e. The summed E-state index contributed by atoms with van der Waals surface area (Å²) >= 11 is 27.7. The van der Waals surface area contributed by atoms with E-state index in [2.05, 4.69) is 20.9 Å². The van der Waals surface area contributed by atoms with Crippen LogP contribution in [0.15, 0.2) is 59.3 Å². The normalized spacial score (nSPS) is 16.0. The van der Waals surface area contributed by atoms with Crippen LogP contribution in [0.1, 0.15) is 31.9 Å². The van der Waals surface area contributed by atoms with E-state index >= 15 is 0 Å². The number of thiophene rings is 2. The number of aromatic nitrogens is 4. The molecule has 360 valence electrons. The Morgan fingerprint density at radius 1 is 0.716 bits per heavy atom. The van der Waals surface area contributed by atoms with Crippen LogP contribution >= 0.6 is 93.9 Å². The third-order valence-electron chi connectivity index (χ3n) is 10.2. The molecule has 67 heavy (non-hydrogen) atoms. The molecule has 4 aromatic heterocycles. The second-order valence-corrected chi connectivity index (χ2v) is 19.3. The molecule has 0 spiro atoms. The van der Waals surface area contributed by atoms with Gasteiger partial charge < -0.3 is 40.0 Å². The van der Waals surface area contributed by atoms with Crippen molar-refractivity contribution in [3.05, 3.63) is 90.5 Å². The molecule has 2 atom stereocenters. The predicted molar refractivity (Wildman–Crippen MR) is 274 cm³/mol. The number of carbonyl (C=O) groups excluding carboxylic acids is 3. The molecule has 16 nitrogen and oxygen atoms in total. The van der Waals surface area contributed by atoms with Gasteiger partial charge in [0.1, 0.15) is 23.3 Å². The van der Waals surface area contributed by atoms with Crippen LogP contribution in [0.5, 0.6) is 0 Å². The first-order valence-corrected chi connectivity index (χ1v) is 23.6. The number of ether oxygens (including phenoxy) is 3. The van der Waals surface area contributed by atoms with Gasteiger partial charge in [-0.25, -0.2) is 19.6 Å². The summed E-state index contributed by atoms with van der Waals surface area (Å²) in [5.41, 5.74) is 2.75. The van der Waals surface area contributed by atoms with E-state index in [0.717, 1.165) is 37.4 Å². The molecule has 3 N–H and O–H groups in total. The molecule has 2 saturated heterocycles. The fourth-order valence-corrected chi connectivity index (χ4v) is 9.53. The van der Waals surface area contributed by atoms with Gasteiger partial charge in [-0.15, -0.1) is 47.5 Å². The highest BCUT2D eigenvalue weighted by atomic mass is 35.5. The zero-order valence-electron chi connectivity index (χ0n) is 36.8. The lowest BCUT2D eigenvalue weighted by molar-refractivity contribution is -0.147. The topological polar surface area (TPSA) is 176 Å². The van der Waals surface area contributed by atoms with Crippen molar-refractivity contribution in [2.24, 2.45) is 0 Å². The van der Waals surface area contributed by atoms with E-state index in [9.17, 15) is 14.4 Å². The molecule has 0 bridgehead atoms. The number of halogens is 6. The highest BCUT2D eigenvalue weighted by Gasteiger charge is 2.39. The Morgan fingerprint density at radius 3 is 1.70 bits per heavy atom. The predicted octanol–water partition coefficient (Wildman–Crippen LogP) is 9.61. The zero-order valence-corrected chi connectivity index (χ0v) is 43.1. The van der Waals surface area contributed by atoms with Crippen molar-refractivity contribution < 1.29 is 28.6 Å². The molecule has 1 amide bonds. The fraction of sp³-hybridized carbons (Fsp3) is 0.372. The van der Waals surface area contributed by atoms with Crippen LogP contribution in [-0.4, -0.2) is 114 Å². The number of nitrogens with one attached hydrogen (secondary N) is 3. The molecule has 0 radical (unpaired) electrons. The van der Waals surface area contributed by atoms with Gasteiger partial charge in [0.2, 0.25) is 11.9 Å². The third-order valence-corrected chi connectivity index (χ3v) is 13.2. The van der Waals surface area contributed by atoms with Crippen LogP contribution in [0, 0.1) is 0 Å². The van der Waals surface area contributed by atoms with Crippen LogP contribution in [0.3, 0.4) is 0 Å². The Hall–Kier alpha value is -4.37. The summed E-state index contributed by atoms with van der Waals surface area (Å²) in [4.78, 5) is 61.5. The molecule has 2 aromatic carbocycles. The van der Waals surface area contributed by atoms with Gasteiger partial charge >= 0.3 is 18.0 Å². The van der Waals surface area contributed by atoms with E-state index < -0.39 is 29.7 Å². The first-order chi connectivity index (χ1) is 31.1. The lowest BCUT2D eigenvalue weighted by atomic mass is 10.1. The molecule has 24 heteroatoms. The number of esters is 2. The van der Waals surface area contributed by atoms with Gasteiger partial charge in [0.15, 0.2) is 6.04 Å². The van der Waals surface area contributed by atoms with Crippen molar-refractivity contribution >= 4 is 156 Å². The van der Waals surface area contributed by atoms with Gasteiger partial charge in [0.25, 0.3) is 0 Å². The minimum absolute atomic E-state index is 0. The first-order valence-electron chi connectivity index (χ1n) is 20.4. The zero-order chi connectivity index (χ0) is 46.4. The van der Waals surface area contributed by atoms with Gasteiger partial charge in [-0.2, -0.15) is 9.97 Å². The number of amides is 1. The number of hydrogen-bond donors (Lipinski definition) is 3. The minimum Gasteiger partial charge on any atom is -0.468 e. The van der Waals surface area contributed by atoms with Crippen molar-refractivity contribution in [2.45, 2.75) is 51.5 Å². The molecule has 2 aliphatic rings. The van der Waals surface area contributed by atoms with Crippen LogP contribution in [0.2, 0.25) is 20.1 Å². The summed E-state index contributed by atoms with van der Waals surface area (Å²) in [5, 5.41) is 16.2. The molecular weight excluding hydrogens is 1030 g/mol. The van der Waals surface area contributed by atoms with E-state index in [1.54, 1.807) is 50.3 Å². The van der Waals surface area contributed by atoms with Crippen molar-refractivity contribution in [3.8, 4) is 0 Å². The summed E-state index contributed by atoms with van der Waals surface area (Å²) in [6, 6.07) is 13.4. The lowest BCUT2D eigenvalue weighted by Crippen LogP contribution is -2.59. The van der Waals surface area contributed by atoms with Crippen LogP contribution in [0.4, 0.5) is 28.3 Å². The Labute approximate surface area is 427 Å². The molecular formula is C43H48Cl6N10O6S2. The molecule has 0 unspecified atom stereocenters. The van der Waals surface area contributed by atoms with Crippen molar-refractivity contribution in [1.29, 1.82) is 0 Å². The molecule has 2 aliphatic heterocycles. The first kappa shape index (κ1) is 53.6. The van der Waals surface area contributed by atoms with Gasteiger partial charge in [-0.05, 0) is 79.1 Å². The van der Waals surface area contributed by atoms with E-state index in [4.69, 9.17) is 75.6 Å². The molecule has 6 heterocycles. The summed E-state index contributed by atoms with van der Waals surface area (Å²) < 4.78 is 17.2. The number of hydrogen-bond acceptors (Lipinski definition) is 17. The quantitative estimate of drug-likeness (QED) is 0.0873. The largest absolute Gasteiger partial charge is 0.468 e. The monoisotopic (exact) mass is 1070 g/mol. The standard InChI is InChI=1S/C24H27Cl2N5O4S.C19H19Cl2N5O2S.2ClH/c1-24(2,3)35-23(33)31-9-8-30(13-18(31)21(32)34-4)22-28-17-7-10-36-19(17)20(29-22)27-12-14-5-6-15(25)11-16(14)26;1-28-18(27)15-10-26(6-5-22-15)19-24-14-4-7-29-16(14)17(25-19)23-9-11-2-3-12(20)8-13(11)21;;/h5-7,10-11,18H,8-9,12-13H2,1-4H3,(H,27,28,29);2-4,7-8,15,22H,5-6,9-10H2,1H3,(H,23,24,25);2*1H/t18-;15-;;/m11../s1. The maximum atomic E-state index is 12.8. The van der Waals surface area contributed by atoms with E-state index in [-0.39, 0.29) is 43.9 Å². The number of nitrogens with zero attached hydrogens (tertiary/aromatic N) is 7. The van der Waals surface area contributed by atoms with Gasteiger partial charge in [0, 0.05) is 65.9 Å². The second kappa shape index (κ2) is 23.8. The van der Waals surface area contributed by atoms with E-state index in [1.807, 2.05) is 50.9 Å². The number of rotatable bonds is 10. The van der Waals surface area contributed by atoms with Gasteiger partial charge in [-0.3, -0.25) is 9.69 Å².